The lowest BCUT2D eigenvalue weighted by Crippen LogP contribution is -2.51. The number of hydrogen-bond donors (Lipinski definition) is 3. The number of hydrogen-bond acceptors (Lipinski definition) is 8. The molecule has 0 bridgehead atoms. The van der Waals surface area contributed by atoms with Crippen molar-refractivity contribution in [3.63, 3.8) is 0 Å². The zero-order valence-corrected chi connectivity index (χ0v) is 26.9. The van der Waals surface area contributed by atoms with Crippen LogP contribution in [0.2, 0.25) is 0 Å². The zero-order valence-electron chi connectivity index (χ0n) is 26.9. The van der Waals surface area contributed by atoms with Gasteiger partial charge in [0.25, 0.3) is 5.91 Å². The molecule has 4 N–H and O–H groups in total. The molecular weight excluding hydrogens is 556 g/mol. The van der Waals surface area contributed by atoms with E-state index in [0.29, 0.717) is 24.4 Å². The molecule has 0 spiro atoms. The number of carbonyl (C=O) groups is 2. The average Bonchev–Trinajstić information content (AvgIpc) is 3.02. The summed E-state index contributed by atoms with van der Waals surface area (Å²) in [6.45, 7) is 3.03. The molecule has 1 aliphatic rings. The summed E-state index contributed by atoms with van der Waals surface area (Å²) in [4.78, 5) is 41.2. The van der Waals surface area contributed by atoms with Gasteiger partial charge in [-0.05, 0) is 62.1 Å². The van der Waals surface area contributed by atoms with Gasteiger partial charge in [-0.15, -0.1) is 0 Å². The van der Waals surface area contributed by atoms with Gasteiger partial charge in [0, 0.05) is 68.2 Å². The minimum Gasteiger partial charge on any atom is -0.496 e. The second-order valence-electron chi connectivity index (χ2n) is 11.5. The Hall–Kier alpha value is -4.18. The van der Waals surface area contributed by atoms with Crippen LogP contribution in [0.3, 0.4) is 0 Å². The normalized spacial score (nSPS) is 14.8. The lowest BCUT2D eigenvalue weighted by molar-refractivity contribution is -0.125. The topological polar surface area (TPSA) is 129 Å². The molecule has 0 radical (unpaired) electrons. The van der Waals surface area contributed by atoms with Crippen LogP contribution in [-0.4, -0.2) is 71.1 Å². The van der Waals surface area contributed by atoms with Gasteiger partial charge in [-0.2, -0.15) is 4.91 Å². The fourth-order valence-corrected chi connectivity index (χ4v) is 6.02. The molecule has 44 heavy (non-hydrogen) atoms. The molecule has 0 fully saturated rings. The van der Waals surface area contributed by atoms with Crippen LogP contribution in [0.25, 0.3) is 11.1 Å². The summed E-state index contributed by atoms with van der Waals surface area (Å²) in [6.07, 6.45) is 10.1. The van der Waals surface area contributed by atoms with E-state index in [1.807, 2.05) is 67.3 Å². The maximum absolute atomic E-state index is 13.1. The predicted octanol–water partition coefficient (Wildman–Crippen LogP) is 4.70. The van der Waals surface area contributed by atoms with E-state index in [1.165, 1.54) is 0 Å². The number of nitrogens with zero attached hydrogens (tertiary/aromatic N) is 3. The maximum atomic E-state index is 13.1. The Labute approximate surface area is 261 Å². The molecule has 0 saturated carbocycles. The number of nitrogens with two attached hydrogens (primary N) is 1. The Balaban J connectivity index is 1.97. The third kappa shape index (κ3) is 8.69. The summed E-state index contributed by atoms with van der Waals surface area (Å²) in [5, 5.41) is 9.47. The van der Waals surface area contributed by atoms with Crippen LogP contribution in [0.15, 0.2) is 65.5 Å². The third-order valence-electron chi connectivity index (χ3n) is 8.24. The highest BCUT2D eigenvalue weighted by Crippen LogP contribution is 2.37. The molecule has 0 aliphatic heterocycles. The third-order valence-corrected chi connectivity index (χ3v) is 8.24. The van der Waals surface area contributed by atoms with Crippen molar-refractivity contribution in [3.05, 3.63) is 76.4 Å². The van der Waals surface area contributed by atoms with Gasteiger partial charge in [-0.3, -0.25) is 14.5 Å². The number of para-hydroxylation sites is 1. The van der Waals surface area contributed by atoms with Gasteiger partial charge < -0.3 is 26.0 Å². The van der Waals surface area contributed by atoms with Crippen molar-refractivity contribution in [1.29, 1.82) is 0 Å². The first-order valence-electron chi connectivity index (χ1n) is 15.2. The molecule has 2 aromatic carbocycles. The minimum absolute atomic E-state index is 0.000914. The van der Waals surface area contributed by atoms with Crippen molar-refractivity contribution in [3.8, 4) is 16.9 Å². The second kappa shape index (κ2) is 16.6. The summed E-state index contributed by atoms with van der Waals surface area (Å²) in [7, 11) is 8.91. The maximum Gasteiger partial charge on any atom is 0.251 e. The Kier molecular flexibility index (Phi) is 13.0. The van der Waals surface area contributed by atoms with Crippen molar-refractivity contribution >= 4 is 17.5 Å². The molecule has 0 heterocycles. The van der Waals surface area contributed by atoms with E-state index >= 15 is 0 Å². The van der Waals surface area contributed by atoms with Crippen molar-refractivity contribution in [2.75, 3.05) is 53.3 Å². The number of rotatable bonds is 17. The number of primary amides is 1. The zero-order chi connectivity index (χ0) is 32.2. The molecule has 3 rings (SSSR count). The van der Waals surface area contributed by atoms with Gasteiger partial charge in [0.1, 0.15) is 5.75 Å². The lowest BCUT2D eigenvalue weighted by Gasteiger charge is -2.36. The lowest BCUT2D eigenvalue weighted by atomic mass is 9.81. The summed E-state index contributed by atoms with van der Waals surface area (Å²) in [5.74, 6) is -0.427. The van der Waals surface area contributed by atoms with Crippen LogP contribution < -0.4 is 26.0 Å². The Morgan fingerprint density at radius 1 is 1.14 bits per heavy atom. The van der Waals surface area contributed by atoms with E-state index in [-0.39, 0.29) is 24.3 Å². The summed E-state index contributed by atoms with van der Waals surface area (Å²) < 4.78 is 5.95. The van der Waals surface area contributed by atoms with Crippen molar-refractivity contribution in [1.82, 2.24) is 15.5 Å². The molecule has 0 aromatic heterocycles. The molecule has 10 nitrogen and oxygen atoms in total. The van der Waals surface area contributed by atoms with Crippen molar-refractivity contribution in [2.45, 2.75) is 45.2 Å². The summed E-state index contributed by atoms with van der Waals surface area (Å²) in [6, 6.07) is 10.8. The number of ether oxygens (including phenoxy) is 1. The van der Waals surface area contributed by atoms with Crippen molar-refractivity contribution in [2.24, 2.45) is 22.7 Å². The number of nitroso groups, excluding NO2 is 1. The fourth-order valence-electron chi connectivity index (χ4n) is 6.02. The number of benzene rings is 2. The molecule has 1 aliphatic carbocycles. The molecule has 2 amide bonds. The first-order chi connectivity index (χ1) is 21.1. The number of methoxy groups -OCH3 is 1. The molecule has 238 valence electrons. The number of anilines is 1. The van der Waals surface area contributed by atoms with Gasteiger partial charge in [-0.1, -0.05) is 48.9 Å². The number of nitrogens with one attached hydrogen (secondary N) is 2. The quantitative estimate of drug-likeness (QED) is 0.223. The Bertz CT molecular complexity index is 1360. The summed E-state index contributed by atoms with van der Waals surface area (Å²) >= 11 is 0. The molecule has 10 heteroatoms. The van der Waals surface area contributed by atoms with E-state index in [4.69, 9.17) is 10.5 Å². The SMILES string of the molecule is CCCC(CNC1=CCCC=C1)C(CN=O)C(C(N)=O)N(C)Cc1cccc(-c2cc(C(=O)NC)cc(N(C)C)c2)c1OC. The van der Waals surface area contributed by atoms with E-state index in [2.05, 4.69) is 41.0 Å². The second-order valence-corrected chi connectivity index (χ2v) is 11.5. The van der Waals surface area contributed by atoms with Crippen LogP contribution in [0.1, 0.15) is 48.5 Å². The van der Waals surface area contributed by atoms with Gasteiger partial charge >= 0.3 is 0 Å². The first kappa shape index (κ1) is 34.3. The number of carbonyl (C=O) groups excluding carboxylic acids is 2. The number of allylic oxidation sites excluding steroid dienone is 3. The van der Waals surface area contributed by atoms with Crippen LogP contribution in [0.4, 0.5) is 5.69 Å². The van der Waals surface area contributed by atoms with Gasteiger partial charge in [0.2, 0.25) is 5.91 Å². The average molecular weight is 605 g/mol. The molecule has 3 unspecified atom stereocenters. The van der Waals surface area contributed by atoms with Crippen LogP contribution in [0.5, 0.6) is 5.75 Å². The van der Waals surface area contributed by atoms with Crippen LogP contribution in [0, 0.1) is 16.7 Å². The molecule has 0 saturated heterocycles. The van der Waals surface area contributed by atoms with E-state index < -0.39 is 11.9 Å². The van der Waals surface area contributed by atoms with Gasteiger partial charge in [-0.25, -0.2) is 0 Å². The highest BCUT2D eigenvalue weighted by atomic mass is 16.5. The monoisotopic (exact) mass is 604 g/mol. The van der Waals surface area contributed by atoms with Gasteiger partial charge in [0.05, 0.1) is 19.7 Å². The van der Waals surface area contributed by atoms with E-state index in [1.54, 1.807) is 14.2 Å². The highest BCUT2D eigenvalue weighted by molar-refractivity contribution is 5.97. The Morgan fingerprint density at radius 2 is 1.91 bits per heavy atom. The number of amides is 2. The fraction of sp³-hybridized carbons (Fsp3) is 0.471. The molecular formula is C34H48N6O4. The predicted molar refractivity (Wildman–Crippen MR) is 178 cm³/mol. The highest BCUT2D eigenvalue weighted by Gasteiger charge is 2.36. The van der Waals surface area contributed by atoms with E-state index in [9.17, 15) is 14.5 Å². The molecule has 3 atom stereocenters. The first-order valence-corrected chi connectivity index (χ1v) is 15.2. The smallest absolute Gasteiger partial charge is 0.251 e. The minimum atomic E-state index is -0.729. The van der Waals surface area contributed by atoms with Crippen molar-refractivity contribution < 1.29 is 14.3 Å². The van der Waals surface area contributed by atoms with Crippen LogP contribution >= 0.6 is 0 Å². The van der Waals surface area contributed by atoms with E-state index in [0.717, 1.165) is 53.8 Å². The number of likely N-dealkylation sites (N-methyl/N-ethyl adjacent to an activating group) is 1. The van der Waals surface area contributed by atoms with Gasteiger partial charge in [0.15, 0.2) is 0 Å². The largest absolute Gasteiger partial charge is 0.496 e. The molecule has 2 aromatic rings. The Morgan fingerprint density at radius 3 is 2.50 bits per heavy atom. The van der Waals surface area contributed by atoms with Crippen LogP contribution in [-0.2, 0) is 11.3 Å². The standard InChI is InChI=1S/C34H48N6O4/c1-7-12-23(20-37-27-14-9-8-10-15-27)30(21-38-43)31(33(35)41)40(5)22-24-13-11-16-29(32(24)44-6)25-17-26(34(42)36-2)19-28(18-25)39(3)4/h9,11,13-19,23,30-31,37H,7-8,10,12,20-22H2,1-6H3,(H2,35,41)(H,36,42). The summed E-state index contributed by atoms with van der Waals surface area (Å²) in [5.41, 5.74) is 11.0.